The first-order chi connectivity index (χ1) is 3.27. The SMILES string of the molecule is CC1([CH2][Zn])COC1.I. The molecule has 0 unspecified atom stereocenters. The average molecular weight is 278 g/mol. The third-order valence-electron chi connectivity index (χ3n) is 1.50. The van der Waals surface area contributed by atoms with Crippen LogP contribution in [-0.2, 0) is 23.0 Å². The minimum Gasteiger partial charge on any atom is -0.107 e. The molecule has 1 nitrogen and oxygen atoms in total. The summed E-state index contributed by atoms with van der Waals surface area (Å²) in [5.74, 6) is 0. The zero-order valence-electron chi connectivity index (χ0n) is 5.14. The van der Waals surface area contributed by atoms with Gasteiger partial charge in [-0.25, -0.2) is 0 Å². The third-order valence-corrected chi connectivity index (χ3v) is 4.04. The first-order valence-corrected chi connectivity index (χ1v) is 4.74. The smallest absolute Gasteiger partial charge is 0.107 e. The molecule has 1 fully saturated rings. The molecule has 1 aliphatic heterocycles. The summed E-state index contributed by atoms with van der Waals surface area (Å²) in [6, 6.07) is 0. The number of hydrogen-bond acceptors (Lipinski definition) is 1. The standard InChI is InChI=1S/C5H9O.HI.Zn/c1-5(2)3-6-4-5;;/h1,3-4H2,2H3;1H;. The molecule has 0 N–H and O–H groups in total. The zero-order valence-corrected chi connectivity index (χ0v) is 10.4. The Hall–Kier alpha value is 1.31. The fraction of sp³-hybridized carbons (Fsp3) is 1.00. The van der Waals surface area contributed by atoms with Crippen molar-refractivity contribution in [2.45, 2.75) is 11.9 Å². The molecule has 45 valence electrons. The van der Waals surface area contributed by atoms with Gasteiger partial charge in [-0.2, -0.15) is 0 Å². The summed E-state index contributed by atoms with van der Waals surface area (Å²) in [7, 11) is 0. The predicted molar refractivity (Wildman–Crippen MR) is 39.1 cm³/mol. The van der Waals surface area contributed by atoms with Crippen molar-refractivity contribution in [1.82, 2.24) is 0 Å². The summed E-state index contributed by atoms with van der Waals surface area (Å²) < 4.78 is 5.05. The van der Waals surface area contributed by atoms with E-state index < -0.39 is 0 Å². The van der Waals surface area contributed by atoms with E-state index in [1.807, 2.05) is 0 Å². The Balaban J connectivity index is 0.000000490. The van der Waals surface area contributed by atoms with Crippen molar-refractivity contribution >= 4 is 24.0 Å². The van der Waals surface area contributed by atoms with Crippen LogP contribution in [0, 0.1) is 5.41 Å². The van der Waals surface area contributed by atoms with Crippen LogP contribution in [-0.4, -0.2) is 13.2 Å². The van der Waals surface area contributed by atoms with Crippen LogP contribution in [0.1, 0.15) is 6.92 Å². The summed E-state index contributed by atoms with van der Waals surface area (Å²) >= 11 is 1.42. The van der Waals surface area contributed by atoms with Gasteiger partial charge in [-0.15, -0.1) is 24.0 Å². The van der Waals surface area contributed by atoms with Gasteiger partial charge in [0.05, 0.1) is 0 Å². The normalized spacial score (nSPS) is 23.4. The Bertz CT molecular complexity index is 67.3. The summed E-state index contributed by atoms with van der Waals surface area (Å²) in [5, 5.41) is 1.38. The van der Waals surface area contributed by atoms with Crippen molar-refractivity contribution in [1.29, 1.82) is 0 Å². The van der Waals surface area contributed by atoms with E-state index in [-0.39, 0.29) is 24.0 Å². The van der Waals surface area contributed by atoms with Gasteiger partial charge in [0, 0.05) is 0 Å². The van der Waals surface area contributed by atoms with Crippen molar-refractivity contribution < 1.29 is 23.0 Å². The van der Waals surface area contributed by atoms with E-state index in [2.05, 4.69) is 6.92 Å². The summed E-state index contributed by atoms with van der Waals surface area (Å²) in [4.78, 5) is 0. The van der Waals surface area contributed by atoms with E-state index in [4.69, 9.17) is 4.74 Å². The maximum Gasteiger partial charge on any atom is -0.107 e. The summed E-state index contributed by atoms with van der Waals surface area (Å²) in [5.41, 5.74) is 0.597. The predicted octanol–water partition coefficient (Wildman–Crippen LogP) is 1.61. The molecule has 0 aromatic carbocycles. The first kappa shape index (κ1) is 9.31. The fourth-order valence-corrected chi connectivity index (χ4v) is 1.20. The monoisotopic (exact) mass is 277 g/mol. The molecule has 1 aliphatic rings. The van der Waals surface area contributed by atoms with Gasteiger partial charge in [0.15, 0.2) is 0 Å². The molecule has 0 aromatic rings. The maximum atomic E-state index is 5.05. The van der Waals surface area contributed by atoms with Crippen LogP contribution in [0.3, 0.4) is 0 Å². The molecular weight excluding hydrogens is 268 g/mol. The average Bonchev–Trinajstić information content (AvgIpc) is 1.61. The minimum absolute atomic E-state index is 0. The van der Waals surface area contributed by atoms with Crippen LogP contribution in [0.15, 0.2) is 0 Å². The van der Waals surface area contributed by atoms with Crippen LogP contribution in [0.4, 0.5) is 0 Å². The van der Waals surface area contributed by atoms with E-state index in [0.717, 1.165) is 13.2 Å². The molecule has 8 heavy (non-hydrogen) atoms. The van der Waals surface area contributed by atoms with Crippen molar-refractivity contribution in [3.63, 3.8) is 0 Å². The molecule has 3 heteroatoms. The molecule has 1 heterocycles. The molecule has 0 bridgehead atoms. The van der Waals surface area contributed by atoms with Crippen molar-refractivity contribution in [2.24, 2.45) is 5.41 Å². The van der Waals surface area contributed by atoms with Gasteiger partial charge in [-0.3, -0.25) is 0 Å². The maximum absolute atomic E-state index is 5.05. The van der Waals surface area contributed by atoms with Gasteiger partial charge >= 0.3 is 53.6 Å². The van der Waals surface area contributed by atoms with E-state index >= 15 is 0 Å². The number of ether oxygens (including phenoxy) is 1. The van der Waals surface area contributed by atoms with Crippen LogP contribution in [0.25, 0.3) is 0 Å². The van der Waals surface area contributed by atoms with Gasteiger partial charge in [0.2, 0.25) is 0 Å². The Labute approximate surface area is 77.2 Å². The molecule has 1 rings (SSSR count). The topological polar surface area (TPSA) is 9.23 Å². The molecule has 1 saturated heterocycles. The second-order valence-electron chi connectivity index (χ2n) is 2.55. The quantitative estimate of drug-likeness (QED) is 0.523. The zero-order chi connectivity index (χ0) is 5.33. The van der Waals surface area contributed by atoms with Crippen LogP contribution < -0.4 is 0 Å². The van der Waals surface area contributed by atoms with Gasteiger partial charge < -0.3 is 0 Å². The Kier molecular flexibility index (Phi) is 4.04. The molecule has 0 amide bonds. The van der Waals surface area contributed by atoms with E-state index in [9.17, 15) is 0 Å². The van der Waals surface area contributed by atoms with Crippen molar-refractivity contribution in [3.8, 4) is 0 Å². The van der Waals surface area contributed by atoms with Crippen molar-refractivity contribution in [3.05, 3.63) is 0 Å². The molecule has 0 atom stereocenters. The molecule has 0 aromatic heterocycles. The van der Waals surface area contributed by atoms with Gasteiger partial charge in [-0.05, 0) is 0 Å². The first-order valence-electron chi connectivity index (χ1n) is 2.64. The number of rotatable bonds is 1. The van der Waals surface area contributed by atoms with Crippen molar-refractivity contribution in [2.75, 3.05) is 13.2 Å². The molecular formula is C5H10IOZn. The third kappa shape index (κ3) is 1.92. The molecule has 0 spiro atoms. The minimum atomic E-state index is 0. The van der Waals surface area contributed by atoms with Crippen LogP contribution >= 0.6 is 24.0 Å². The Morgan fingerprint density at radius 2 is 2.12 bits per heavy atom. The number of halogens is 1. The summed E-state index contributed by atoms with van der Waals surface area (Å²) in [6.07, 6.45) is 0. The van der Waals surface area contributed by atoms with E-state index in [0.29, 0.717) is 5.41 Å². The van der Waals surface area contributed by atoms with Gasteiger partial charge in [0.1, 0.15) is 0 Å². The summed E-state index contributed by atoms with van der Waals surface area (Å²) in [6.45, 7) is 4.31. The molecule has 0 aliphatic carbocycles. The van der Waals surface area contributed by atoms with Crippen LogP contribution in [0.2, 0.25) is 5.02 Å². The fourth-order valence-electron chi connectivity index (χ4n) is 0.595. The molecule has 0 saturated carbocycles. The second-order valence-corrected chi connectivity index (χ2v) is 3.60. The van der Waals surface area contributed by atoms with E-state index in [1.165, 1.54) is 23.3 Å². The second kappa shape index (κ2) is 3.47. The Morgan fingerprint density at radius 3 is 2.12 bits per heavy atom. The Morgan fingerprint density at radius 1 is 1.62 bits per heavy atom. The van der Waals surface area contributed by atoms with Gasteiger partial charge in [-0.1, -0.05) is 0 Å². The van der Waals surface area contributed by atoms with Crippen LogP contribution in [0.5, 0.6) is 0 Å². The van der Waals surface area contributed by atoms with Gasteiger partial charge in [0.25, 0.3) is 0 Å². The van der Waals surface area contributed by atoms with E-state index in [1.54, 1.807) is 0 Å². The number of hydrogen-bond donors (Lipinski definition) is 0. The molecule has 0 radical (unpaired) electrons. The largest absolute Gasteiger partial charge is 0.107 e.